The highest BCUT2D eigenvalue weighted by Crippen LogP contribution is 2.56. The first-order valence-corrected chi connectivity index (χ1v) is 7.65. The van der Waals surface area contributed by atoms with E-state index in [1.54, 1.807) is 13.8 Å². The van der Waals surface area contributed by atoms with Gasteiger partial charge in [0.05, 0.1) is 5.41 Å². The summed E-state index contributed by atoms with van der Waals surface area (Å²) in [6.45, 7) is 5.46. The molecule has 4 unspecified atom stereocenters. The molecular formula is C16H22O4. The van der Waals surface area contributed by atoms with Crippen molar-refractivity contribution in [1.29, 1.82) is 0 Å². The zero-order valence-corrected chi connectivity index (χ0v) is 12.3. The maximum atomic E-state index is 12.4. The molecule has 0 aromatic rings. The lowest BCUT2D eigenvalue weighted by molar-refractivity contribution is -0.166. The van der Waals surface area contributed by atoms with E-state index < -0.39 is 17.5 Å². The highest BCUT2D eigenvalue weighted by molar-refractivity contribution is 6.15. The summed E-state index contributed by atoms with van der Waals surface area (Å²) in [4.78, 5) is 37.0. The first-order valence-electron chi connectivity index (χ1n) is 7.65. The van der Waals surface area contributed by atoms with E-state index in [1.807, 2.05) is 6.92 Å². The Bertz CT molecular complexity index is 451. The summed E-state index contributed by atoms with van der Waals surface area (Å²) >= 11 is 0. The van der Waals surface area contributed by atoms with Gasteiger partial charge in [-0.3, -0.25) is 14.4 Å². The second kappa shape index (κ2) is 4.40. The fraction of sp³-hybridized carbons (Fsp3) is 0.812. The van der Waals surface area contributed by atoms with Crippen molar-refractivity contribution < 1.29 is 19.1 Å². The Morgan fingerprint density at radius 1 is 1.15 bits per heavy atom. The second-order valence-electron chi connectivity index (χ2n) is 7.21. The molecule has 0 N–H and O–H groups in total. The van der Waals surface area contributed by atoms with Gasteiger partial charge >= 0.3 is 5.97 Å². The van der Waals surface area contributed by atoms with E-state index in [-0.39, 0.29) is 23.4 Å². The van der Waals surface area contributed by atoms with Gasteiger partial charge in [-0.25, -0.2) is 0 Å². The minimum absolute atomic E-state index is 0.132. The zero-order valence-electron chi connectivity index (χ0n) is 12.3. The van der Waals surface area contributed by atoms with E-state index in [2.05, 4.69) is 0 Å². The maximum Gasteiger partial charge on any atom is 0.312 e. The van der Waals surface area contributed by atoms with Gasteiger partial charge in [0.2, 0.25) is 6.10 Å². The van der Waals surface area contributed by atoms with Gasteiger partial charge in [-0.2, -0.15) is 0 Å². The van der Waals surface area contributed by atoms with Crippen molar-refractivity contribution in [3.05, 3.63) is 0 Å². The Labute approximate surface area is 119 Å². The third kappa shape index (κ3) is 1.76. The van der Waals surface area contributed by atoms with E-state index >= 15 is 0 Å². The van der Waals surface area contributed by atoms with Crippen molar-refractivity contribution in [2.45, 2.75) is 52.6 Å². The van der Waals surface area contributed by atoms with Crippen LogP contribution in [-0.4, -0.2) is 23.6 Å². The molecule has 0 spiro atoms. The molecule has 0 radical (unpaired) electrons. The highest BCUT2D eigenvalue weighted by Gasteiger charge is 2.62. The van der Waals surface area contributed by atoms with Crippen LogP contribution in [0.3, 0.4) is 0 Å². The van der Waals surface area contributed by atoms with Crippen LogP contribution in [0.2, 0.25) is 0 Å². The molecule has 3 rings (SSSR count). The van der Waals surface area contributed by atoms with Crippen LogP contribution in [0.25, 0.3) is 0 Å². The largest absolute Gasteiger partial charge is 0.446 e. The third-order valence-electron chi connectivity index (χ3n) is 5.75. The normalized spacial score (nSPS) is 39.2. The second-order valence-corrected chi connectivity index (χ2v) is 7.21. The summed E-state index contributed by atoms with van der Waals surface area (Å²) in [7, 11) is 0. The maximum absolute atomic E-state index is 12.4. The van der Waals surface area contributed by atoms with Gasteiger partial charge in [0.1, 0.15) is 0 Å². The van der Waals surface area contributed by atoms with Crippen molar-refractivity contribution in [2.24, 2.45) is 29.1 Å². The molecule has 2 bridgehead atoms. The van der Waals surface area contributed by atoms with Crippen LogP contribution < -0.4 is 0 Å². The lowest BCUT2D eigenvalue weighted by Gasteiger charge is -2.22. The van der Waals surface area contributed by atoms with Gasteiger partial charge in [-0.05, 0) is 51.4 Å². The average Bonchev–Trinajstić information content (AvgIpc) is 3.08. The molecule has 0 saturated heterocycles. The summed E-state index contributed by atoms with van der Waals surface area (Å²) in [6, 6.07) is 0. The monoisotopic (exact) mass is 278 g/mol. The molecule has 110 valence electrons. The predicted octanol–water partition coefficient (Wildman–Crippen LogP) is 2.15. The van der Waals surface area contributed by atoms with Gasteiger partial charge < -0.3 is 4.74 Å². The van der Waals surface area contributed by atoms with Crippen molar-refractivity contribution >= 4 is 17.5 Å². The Balaban J connectivity index is 1.78. The van der Waals surface area contributed by atoms with Crippen LogP contribution in [0.5, 0.6) is 0 Å². The standard InChI is InChI=1S/C16H22O4/c1-4-16(2,3)15(19)20-14-12(17)10-8-5-6-9(7-8)11(10)13(14)18/h8-11,14H,4-7H2,1-3H3. The number of hydrogen-bond donors (Lipinski definition) is 0. The Morgan fingerprint density at radius 3 is 2.10 bits per heavy atom. The fourth-order valence-corrected chi connectivity index (χ4v) is 4.13. The Morgan fingerprint density at radius 2 is 1.65 bits per heavy atom. The van der Waals surface area contributed by atoms with Gasteiger partial charge in [0, 0.05) is 11.8 Å². The molecule has 0 aliphatic heterocycles. The third-order valence-corrected chi connectivity index (χ3v) is 5.75. The molecule has 0 amide bonds. The molecule has 0 heterocycles. The van der Waals surface area contributed by atoms with E-state index in [4.69, 9.17) is 4.74 Å². The minimum atomic E-state index is -1.12. The summed E-state index contributed by atoms with van der Waals surface area (Å²) in [6.07, 6.45) is 2.61. The van der Waals surface area contributed by atoms with Crippen molar-refractivity contribution in [3.63, 3.8) is 0 Å². The molecule has 20 heavy (non-hydrogen) atoms. The summed E-state index contributed by atoms with van der Waals surface area (Å²) in [5, 5.41) is 0. The van der Waals surface area contributed by atoms with Crippen molar-refractivity contribution in [3.8, 4) is 0 Å². The zero-order chi connectivity index (χ0) is 14.7. The average molecular weight is 278 g/mol. The molecule has 0 aromatic heterocycles. The number of carbonyl (C=O) groups excluding carboxylic acids is 3. The SMILES string of the molecule is CCC(C)(C)C(=O)OC1C(=O)C2C3CCC(C3)C2C1=O. The molecule has 3 saturated carbocycles. The number of fused-ring (bicyclic) bond motifs is 5. The van der Waals surface area contributed by atoms with E-state index in [9.17, 15) is 14.4 Å². The molecule has 3 fully saturated rings. The van der Waals surface area contributed by atoms with Crippen LogP contribution in [0.15, 0.2) is 0 Å². The smallest absolute Gasteiger partial charge is 0.312 e. The summed E-state index contributed by atoms with van der Waals surface area (Å²) in [5.74, 6) is -0.319. The quantitative estimate of drug-likeness (QED) is 0.586. The first kappa shape index (κ1) is 13.8. The van der Waals surface area contributed by atoms with Crippen LogP contribution >= 0.6 is 0 Å². The number of rotatable bonds is 3. The first-order chi connectivity index (χ1) is 9.36. The number of Topliss-reactive ketones (excluding diaryl/α,β-unsaturated/α-hetero) is 2. The number of ketones is 2. The number of ether oxygens (including phenoxy) is 1. The molecule has 4 nitrogen and oxygen atoms in total. The van der Waals surface area contributed by atoms with Crippen molar-refractivity contribution in [2.75, 3.05) is 0 Å². The van der Waals surface area contributed by atoms with Crippen LogP contribution in [0, 0.1) is 29.1 Å². The lowest BCUT2D eigenvalue weighted by atomic mass is 9.81. The summed E-state index contributed by atoms with van der Waals surface area (Å²) < 4.78 is 5.31. The summed E-state index contributed by atoms with van der Waals surface area (Å²) in [5.41, 5.74) is -0.642. The topological polar surface area (TPSA) is 60.4 Å². The molecular weight excluding hydrogens is 256 g/mol. The van der Waals surface area contributed by atoms with Crippen LogP contribution in [0.1, 0.15) is 46.5 Å². The minimum Gasteiger partial charge on any atom is -0.446 e. The predicted molar refractivity (Wildman–Crippen MR) is 71.8 cm³/mol. The van der Waals surface area contributed by atoms with Gasteiger partial charge in [0.25, 0.3) is 0 Å². The Kier molecular flexibility index (Phi) is 3.03. The molecule has 0 aromatic carbocycles. The number of hydrogen-bond acceptors (Lipinski definition) is 4. The molecule has 3 aliphatic rings. The number of carbonyl (C=O) groups is 3. The van der Waals surface area contributed by atoms with Gasteiger partial charge in [0.15, 0.2) is 11.6 Å². The Hall–Kier alpha value is -1.19. The van der Waals surface area contributed by atoms with E-state index in [1.165, 1.54) is 0 Å². The fourth-order valence-electron chi connectivity index (χ4n) is 4.13. The van der Waals surface area contributed by atoms with Crippen LogP contribution in [0.4, 0.5) is 0 Å². The molecule has 4 atom stereocenters. The van der Waals surface area contributed by atoms with Crippen LogP contribution in [-0.2, 0) is 19.1 Å². The van der Waals surface area contributed by atoms with E-state index in [0.717, 1.165) is 19.3 Å². The van der Waals surface area contributed by atoms with E-state index in [0.29, 0.717) is 18.3 Å². The van der Waals surface area contributed by atoms with Gasteiger partial charge in [-0.15, -0.1) is 0 Å². The van der Waals surface area contributed by atoms with Gasteiger partial charge in [-0.1, -0.05) is 6.92 Å². The lowest BCUT2D eigenvalue weighted by Crippen LogP contribution is -2.36. The number of esters is 1. The highest BCUT2D eigenvalue weighted by atomic mass is 16.6. The molecule has 3 aliphatic carbocycles. The van der Waals surface area contributed by atoms with Crippen molar-refractivity contribution in [1.82, 2.24) is 0 Å². The molecule has 4 heteroatoms.